The Labute approximate surface area is 190 Å². The van der Waals surface area contributed by atoms with Gasteiger partial charge in [0, 0.05) is 23.5 Å². The van der Waals surface area contributed by atoms with Crippen molar-refractivity contribution in [3.8, 4) is 11.5 Å². The largest absolute Gasteiger partial charge is 0.494 e. The van der Waals surface area contributed by atoms with E-state index in [1.807, 2.05) is 54.6 Å². The predicted molar refractivity (Wildman–Crippen MR) is 131 cm³/mol. The maximum atomic E-state index is 12.4. The topological polar surface area (TPSA) is 59.6 Å². The molecule has 3 aromatic rings. The van der Waals surface area contributed by atoms with Gasteiger partial charge in [-0.1, -0.05) is 56.3 Å². The van der Waals surface area contributed by atoms with Crippen LogP contribution in [0.2, 0.25) is 0 Å². The second kappa shape index (κ2) is 12.4. The van der Waals surface area contributed by atoms with E-state index in [0.717, 1.165) is 30.0 Å². The highest BCUT2D eigenvalue weighted by Gasteiger charge is 2.05. The number of amides is 1. The van der Waals surface area contributed by atoms with Gasteiger partial charge in [-0.05, 0) is 48.6 Å². The molecule has 5 heteroatoms. The number of hydrogen-bond acceptors (Lipinski definition) is 4. The summed E-state index contributed by atoms with van der Waals surface area (Å²) in [5, 5.41) is 6.05. The van der Waals surface area contributed by atoms with Crippen LogP contribution in [-0.4, -0.2) is 25.7 Å². The number of rotatable bonds is 12. The summed E-state index contributed by atoms with van der Waals surface area (Å²) in [5.74, 6) is 1.88. The van der Waals surface area contributed by atoms with Crippen molar-refractivity contribution in [3.05, 3.63) is 84.4 Å². The van der Waals surface area contributed by atoms with Crippen LogP contribution in [0.15, 0.2) is 78.9 Å². The van der Waals surface area contributed by atoms with Crippen LogP contribution in [0, 0.1) is 5.92 Å². The van der Waals surface area contributed by atoms with Crippen LogP contribution in [0.5, 0.6) is 11.5 Å². The first kappa shape index (κ1) is 23.2. The fourth-order valence-corrected chi connectivity index (χ4v) is 3.12. The molecule has 168 valence electrons. The molecular formula is C27H32N2O3. The van der Waals surface area contributed by atoms with Gasteiger partial charge in [0.25, 0.3) is 0 Å². The number of aryl methyl sites for hydroxylation is 1. The third-order valence-corrected chi connectivity index (χ3v) is 4.71. The molecule has 0 radical (unpaired) electrons. The van der Waals surface area contributed by atoms with Gasteiger partial charge in [0.2, 0.25) is 5.91 Å². The van der Waals surface area contributed by atoms with Crippen LogP contribution in [0.1, 0.15) is 25.8 Å². The van der Waals surface area contributed by atoms with Crippen molar-refractivity contribution in [2.24, 2.45) is 5.92 Å². The molecule has 0 bridgehead atoms. The summed E-state index contributed by atoms with van der Waals surface area (Å²) in [4.78, 5) is 12.4. The molecule has 0 aliphatic carbocycles. The molecule has 0 fully saturated rings. The molecule has 0 unspecified atom stereocenters. The maximum Gasteiger partial charge on any atom is 0.243 e. The Kier molecular flexibility index (Phi) is 8.99. The summed E-state index contributed by atoms with van der Waals surface area (Å²) in [5.41, 5.74) is 2.87. The standard InChI is InChI=1S/C27H32N2O3/c1-21(2)20-32-26-15-6-12-23(17-26)28-19-27(30)29-24-13-7-14-25(18-24)31-16-8-11-22-9-4-3-5-10-22/h3-7,9-10,12-15,17-18,21,28H,8,11,16,19-20H2,1-2H3,(H,29,30). The Morgan fingerprint density at radius 1 is 0.844 bits per heavy atom. The summed E-state index contributed by atoms with van der Waals surface area (Å²) in [6.45, 7) is 5.67. The van der Waals surface area contributed by atoms with E-state index in [2.05, 4.69) is 48.7 Å². The monoisotopic (exact) mass is 432 g/mol. The first-order chi connectivity index (χ1) is 15.6. The van der Waals surface area contributed by atoms with Crippen molar-refractivity contribution in [1.82, 2.24) is 0 Å². The van der Waals surface area contributed by atoms with Gasteiger partial charge in [0.05, 0.1) is 19.8 Å². The maximum absolute atomic E-state index is 12.4. The van der Waals surface area contributed by atoms with E-state index in [4.69, 9.17) is 9.47 Å². The van der Waals surface area contributed by atoms with Crippen molar-refractivity contribution < 1.29 is 14.3 Å². The molecule has 2 N–H and O–H groups in total. The molecule has 0 saturated carbocycles. The zero-order valence-corrected chi connectivity index (χ0v) is 18.8. The molecule has 3 aromatic carbocycles. The van der Waals surface area contributed by atoms with Crippen LogP contribution >= 0.6 is 0 Å². The van der Waals surface area contributed by atoms with Gasteiger partial charge in [-0.2, -0.15) is 0 Å². The molecule has 0 saturated heterocycles. The van der Waals surface area contributed by atoms with Crippen LogP contribution in [0.3, 0.4) is 0 Å². The zero-order chi connectivity index (χ0) is 22.6. The molecule has 0 atom stereocenters. The molecule has 0 spiro atoms. The summed E-state index contributed by atoms with van der Waals surface area (Å²) in [6, 6.07) is 25.5. The van der Waals surface area contributed by atoms with Gasteiger partial charge in [-0.15, -0.1) is 0 Å². The molecule has 0 heterocycles. The highest BCUT2D eigenvalue weighted by molar-refractivity contribution is 5.93. The number of ether oxygens (including phenoxy) is 2. The van der Waals surface area contributed by atoms with Crippen LogP contribution in [0.4, 0.5) is 11.4 Å². The lowest BCUT2D eigenvalue weighted by atomic mass is 10.1. The average molecular weight is 433 g/mol. The van der Waals surface area contributed by atoms with E-state index < -0.39 is 0 Å². The number of benzene rings is 3. The number of carbonyl (C=O) groups is 1. The van der Waals surface area contributed by atoms with E-state index in [0.29, 0.717) is 24.8 Å². The number of hydrogen-bond donors (Lipinski definition) is 2. The second-order valence-electron chi connectivity index (χ2n) is 8.10. The second-order valence-corrected chi connectivity index (χ2v) is 8.10. The lowest BCUT2D eigenvalue weighted by molar-refractivity contribution is -0.114. The SMILES string of the molecule is CC(C)COc1cccc(NCC(=O)Nc2cccc(OCCCc3ccccc3)c2)c1. The van der Waals surface area contributed by atoms with E-state index in [1.165, 1.54) is 5.56 Å². The lowest BCUT2D eigenvalue weighted by Crippen LogP contribution is -2.21. The molecule has 0 aliphatic rings. The van der Waals surface area contributed by atoms with Gasteiger partial charge >= 0.3 is 0 Å². The molecule has 5 nitrogen and oxygen atoms in total. The summed E-state index contributed by atoms with van der Waals surface area (Å²) in [6.07, 6.45) is 1.91. The van der Waals surface area contributed by atoms with Crippen LogP contribution in [-0.2, 0) is 11.2 Å². The minimum absolute atomic E-state index is 0.125. The average Bonchev–Trinajstić information content (AvgIpc) is 2.80. The summed E-state index contributed by atoms with van der Waals surface area (Å²) in [7, 11) is 0. The van der Waals surface area contributed by atoms with Crippen molar-refractivity contribution in [2.75, 3.05) is 30.4 Å². The van der Waals surface area contributed by atoms with Gasteiger partial charge < -0.3 is 20.1 Å². The Morgan fingerprint density at radius 3 is 2.28 bits per heavy atom. The fourth-order valence-electron chi connectivity index (χ4n) is 3.12. The summed E-state index contributed by atoms with van der Waals surface area (Å²) < 4.78 is 11.6. The molecule has 32 heavy (non-hydrogen) atoms. The fraction of sp³-hybridized carbons (Fsp3) is 0.296. The third-order valence-electron chi connectivity index (χ3n) is 4.71. The quantitative estimate of drug-likeness (QED) is 0.356. The van der Waals surface area contributed by atoms with Crippen molar-refractivity contribution in [3.63, 3.8) is 0 Å². The van der Waals surface area contributed by atoms with Gasteiger partial charge in [-0.25, -0.2) is 0 Å². The molecule has 1 amide bonds. The van der Waals surface area contributed by atoms with E-state index >= 15 is 0 Å². The predicted octanol–water partition coefficient (Wildman–Crippen LogP) is 5.78. The first-order valence-electron chi connectivity index (χ1n) is 11.1. The summed E-state index contributed by atoms with van der Waals surface area (Å²) >= 11 is 0. The highest BCUT2D eigenvalue weighted by atomic mass is 16.5. The Morgan fingerprint density at radius 2 is 1.53 bits per heavy atom. The minimum atomic E-state index is -0.125. The Balaban J connectivity index is 1.41. The van der Waals surface area contributed by atoms with Crippen molar-refractivity contribution in [1.29, 1.82) is 0 Å². The van der Waals surface area contributed by atoms with E-state index in [-0.39, 0.29) is 12.5 Å². The minimum Gasteiger partial charge on any atom is -0.494 e. The number of anilines is 2. The normalized spacial score (nSPS) is 10.6. The Bertz CT molecular complexity index is 973. The van der Waals surface area contributed by atoms with Gasteiger partial charge in [0.15, 0.2) is 0 Å². The lowest BCUT2D eigenvalue weighted by Gasteiger charge is -2.12. The van der Waals surface area contributed by atoms with Crippen LogP contribution in [0.25, 0.3) is 0 Å². The van der Waals surface area contributed by atoms with E-state index in [1.54, 1.807) is 0 Å². The van der Waals surface area contributed by atoms with Crippen molar-refractivity contribution >= 4 is 17.3 Å². The van der Waals surface area contributed by atoms with Crippen molar-refractivity contribution in [2.45, 2.75) is 26.7 Å². The molecule has 0 aromatic heterocycles. The first-order valence-corrected chi connectivity index (χ1v) is 11.1. The smallest absolute Gasteiger partial charge is 0.243 e. The molecular weight excluding hydrogens is 400 g/mol. The number of nitrogens with one attached hydrogen (secondary N) is 2. The third kappa shape index (κ3) is 8.34. The van der Waals surface area contributed by atoms with E-state index in [9.17, 15) is 4.79 Å². The Hall–Kier alpha value is -3.47. The highest BCUT2D eigenvalue weighted by Crippen LogP contribution is 2.19. The number of carbonyl (C=O) groups excluding carboxylic acids is 1. The van der Waals surface area contributed by atoms with Crippen LogP contribution < -0.4 is 20.1 Å². The zero-order valence-electron chi connectivity index (χ0n) is 18.8. The van der Waals surface area contributed by atoms with Gasteiger partial charge in [-0.3, -0.25) is 4.79 Å². The molecule has 0 aliphatic heterocycles. The van der Waals surface area contributed by atoms with Gasteiger partial charge in [0.1, 0.15) is 11.5 Å². The molecule has 3 rings (SSSR count).